The number of halogens is 1. The number of unbranched alkanes of at least 4 members (excludes halogenated alkanes) is 3. The minimum absolute atomic E-state index is 0.0321. The number of hydrogen-bond donors (Lipinski definition) is 2. The minimum Gasteiger partial charge on any atom is -0.492 e. The first-order valence-corrected chi connectivity index (χ1v) is 12.9. The summed E-state index contributed by atoms with van der Waals surface area (Å²) in [5.41, 5.74) is 1.75. The third-order valence-corrected chi connectivity index (χ3v) is 7.12. The fourth-order valence-corrected chi connectivity index (χ4v) is 5.28. The Morgan fingerprint density at radius 2 is 1.97 bits per heavy atom. The van der Waals surface area contributed by atoms with E-state index in [1.165, 1.54) is 19.3 Å². The fraction of sp³-hybridized carbons (Fsp3) is 0.640. The number of carbonyl (C=O) groups excluding carboxylic acids is 2. The third kappa shape index (κ3) is 6.21. The lowest BCUT2D eigenvalue weighted by Crippen LogP contribution is -2.43. The predicted molar refractivity (Wildman–Crippen MR) is 131 cm³/mol. The van der Waals surface area contributed by atoms with Gasteiger partial charge in [0.1, 0.15) is 12.3 Å². The molecule has 8 nitrogen and oxygen atoms in total. The van der Waals surface area contributed by atoms with Crippen LogP contribution in [-0.4, -0.2) is 65.0 Å². The van der Waals surface area contributed by atoms with E-state index in [-0.39, 0.29) is 18.4 Å². The number of nitrogens with one attached hydrogen (secondary N) is 1. The first-order chi connectivity index (χ1) is 16.5. The van der Waals surface area contributed by atoms with E-state index in [1.807, 2.05) is 21.9 Å². The van der Waals surface area contributed by atoms with Crippen molar-refractivity contribution in [2.45, 2.75) is 76.8 Å². The van der Waals surface area contributed by atoms with E-state index >= 15 is 0 Å². The Morgan fingerprint density at radius 3 is 2.76 bits per heavy atom. The Kier molecular flexibility index (Phi) is 8.67. The number of guanidine groups is 1. The van der Waals surface area contributed by atoms with Crippen LogP contribution in [0.4, 0.5) is 5.69 Å². The van der Waals surface area contributed by atoms with E-state index in [0.717, 1.165) is 49.8 Å². The van der Waals surface area contributed by atoms with Crippen molar-refractivity contribution in [3.8, 4) is 5.75 Å². The molecule has 2 aliphatic heterocycles. The minimum atomic E-state index is -0.0501. The van der Waals surface area contributed by atoms with Crippen LogP contribution in [0.15, 0.2) is 17.1 Å². The molecule has 3 aliphatic rings. The van der Waals surface area contributed by atoms with Crippen molar-refractivity contribution in [3.05, 3.63) is 22.7 Å². The number of ether oxygens (including phenoxy) is 1. The van der Waals surface area contributed by atoms with Gasteiger partial charge in [-0.05, 0) is 37.3 Å². The Labute approximate surface area is 206 Å². The summed E-state index contributed by atoms with van der Waals surface area (Å²) in [5, 5.41) is 12.7. The number of aliphatic imine (C=N–C) groups is 1. The van der Waals surface area contributed by atoms with Gasteiger partial charge in [-0.3, -0.25) is 14.9 Å². The molecule has 0 spiro atoms. The number of amides is 2. The van der Waals surface area contributed by atoms with Crippen LogP contribution in [0.25, 0.3) is 0 Å². The largest absolute Gasteiger partial charge is 0.492 e. The maximum atomic E-state index is 12.7. The topological polar surface area (TPSA) is 94.5 Å². The maximum absolute atomic E-state index is 12.7. The molecular weight excluding hydrogens is 456 g/mol. The molecule has 186 valence electrons. The molecule has 2 fully saturated rings. The number of rotatable bonds is 11. The van der Waals surface area contributed by atoms with Crippen molar-refractivity contribution in [1.29, 1.82) is 0 Å². The van der Waals surface area contributed by atoms with Gasteiger partial charge in [-0.1, -0.05) is 43.7 Å². The van der Waals surface area contributed by atoms with Crippen LogP contribution in [0.2, 0.25) is 5.02 Å². The Balaban J connectivity index is 1.17. The van der Waals surface area contributed by atoms with Crippen molar-refractivity contribution in [1.82, 2.24) is 15.1 Å². The van der Waals surface area contributed by atoms with Crippen molar-refractivity contribution in [3.63, 3.8) is 0 Å². The van der Waals surface area contributed by atoms with Crippen LogP contribution >= 0.6 is 11.6 Å². The monoisotopic (exact) mass is 490 g/mol. The van der Waals surface area contributed by atoms with Crippen LogP contribution in [-0.2, 0) is 16.1 Å². The molecule has 1 saturated heterocycles. The zero-order valence-corrected chi connectivity index (χ0v) is 20.5. The van der Waals surface area contributed by atoms with Gasteiger partial charge in [-0.25, -0.2) is 4.99 Å². The number of aliphatic hydroxyl groups excluding tert-OH is 1. The summed E-state index contributed by atoms with van der Waals surface area (Å²) in [7, 11) is 0. The summed E-state index contributed by atoms with van der Waals surface area (Å²) < 4.78 is 5.91. The molecule has 1 saturated carbocycles. The van der Waals surface area contributed by atoms with Crippen molar-refractivity contribution in [2.24, 2.45) is 4.99 Å². The molecule has 2 amide bonds. The van der Waals surface area contributed by atoms with Gasteiger partial charge in [0.15, 0.2) is 0 Å². The van der Waals surface area contributed by atoms with Gasteiger partial charge in [0.25, 0.3) is 0 Å². The zero-order chi connectivity index (χ0) is 23.9. The molecule has 2 N–H and O–H groups in total. The summed E-state index contributed by atoms with van der Waals surface area (Å²) in [4.78, 5) is 32.6. The average molecular weight is 491 g/mol. The molecule has 0 bridgehead atoms. The SMILES string of the molecule is O=C1CN2Cc3cc(Cl)c(OCCCCCCC(=O)N(CCO)C4CCCCC4)cc3N=C2N1. The smallest absolute Gasteiger partial charge is 0.246 e. The molecule has 0 atom stereocenters. The van der Waals surface area contributed by atoms with Crippen LogP contribution in [0, 0.1) is 0 Å². The van der Waals surface area contributed by atoms with Crippen LogP contribution in [0.1, 0.15) is 69.8 Å². The summed E-state index contributed by atoms with van der Waals surface area (Å²) in [5.74, 6) is 1.31. The maximum Gasteiger partial charge on any atom is 0.246 e. The van der Waals surface area contributed by atoms with Crippen molar-refractivity contribution >= 4 is 35.1 Å². The Morgan fingerprint density at radius 1 is 1.18 bits per heavy atom. The third-order valence-electron chi connectivity index (χ3n) is 6.83. The fourth-order valence-electron chi connectivity index (χ4n) is 5.03. The normalized spacial score (nSPS) is 17.6. The van der Waals surface area contributed by atoms with E-state index in [0.29, 0.717) is 55.4 Å². The highest BCUT2D eigenvalue weighted by Gasteiger charge is 2.29. The number of fused-ring (bicyclic) bond motifs is 2. The summed E-state index contributed by atoms with van der Waals surface area (Å²) in [6.07, 6.45) is 9.95. The van der Waals surface area contributed by atoms with Crippen molar-refractivity contribution < 1.29 is 19.4 Å². The predicted octanol–water partition coefficient (Wildman–Crippen LogP) is 3.76. The van der Waals surface area contributed by atoms with Crippen molar-refractivity contribution in [2.75, 3.05) is 26.3 Å². The lowest BCUT2D eigenvalue weighted by Gasteiger charge is -2.34. The zero-order valence-electron chi connectivity index (χ0n) is 19.7. The second-order valence-electron chi connectivity index (χ2n) is 9.37. The molecule has 0 unspecified atom stereocenters. The van der Waals surface area contributed by atoms with Gasteiger partial charge in [0.2, 0.25) is 17.8 Å². The molecule has 1 aromatic rings. The molecule has 1 aromatic carbocycles. The molecule has 34 heavy (non-hydrogen) atoms. The van der Waals surface area contributed by atoms with Gasteiger partial charge in [0.05, 0.1) is 23.9 Å². The first kappa shape index (κ1) is 24.8. The summed E-state index contributed by atoms with van der Waals surface area (Å²) in [6.45, 7) is 1.95. The van der Waals surface area contributed by atoms with Gasteiger partial charge in [-0.15, -0.1) is 0 Å². The molecule has 9 heteroatoms. The number of aliphatic hydroxyl groups is 1. The van der Waals surface area contributed by atoms with Gasteiger partial charge in [-0.2, -0.15) is 0 Å². The highest BCUT2D eigenvalue weighted by atomic mass is 35.5. The average Bonchev–Trinajstić information content (AvgIpc) is 3.19. The highest BCUT2D eigenvalue weighted by Crippen LogP contribution is 2.36. The number of hydrogen-bond acceptors (Lipinski definition) is 6. The first-order valence-electron chi connectivity index (χ1n) is 12.5. The number of nitrogens with zero attached hydrogens (tertiary/aromatic N) is 3. The number of carbonyl (C=O) groups is 2. The summed E-state index contributed by atoms with van der Waals surface area (Å²) in [6, 6.07) is 4.01. The quantitative estimate of drug-likeness (QED) is 0.460. The highest BCUT2D eigenvalue weighted by molar-refractivity contribution is 6.32. The molecule has 0 radical (unpaired) electrons. The van der Waals surface area contributed by atoms with Gasteiger partial charge >= 0.3 is 0 Å². The van der Waals surface area contributed by atoms with E-state index < -0.39 is 0 Å². The van der Waals surface area contributed by atoms with E-state index in [9.17, 15) is 14.7 Å². The summed E-state index contributed by atoms with van der Waals surface area (Å²) >= 11 is 6.41. The molecule has 4 rings (SSSR count). The molecule has 1 aliphatic carbocycles. The lowest BCUT2D eigenvalue weighted by molar-refractivity contribution is -0.135. The van der Waals surface area contributed by atoms with Gasteiger partial charge in [0, 0.05) is 31.6 Å². The van der Waals surface area contributed by atoms with Crippen LogP contribution in [0.5, 0.6) is 5.75 Å². The second kappa shape index (κ2) is 11.9. The second-order valence-corrected chi connectivity index (χ2v) is 9.77. The van der Waals surface area contributed by atoms with E-state index in [4.69, 9.17) is 16.3 Å². The Hall–Kier alpha value is -2.32. The molecule has 2 heterocycles. The lowest BCUT2D eigenvalue weighted by atomic mass is 9.94. The molecule has 0 aromatic heterocycles. The van der Waals surface area contributed by atoms with E-state index in [1.54, 1.807) is 0 Å². The van der Waals surface area contributed by atoms with E-state index in [2.05, 4.69) is 10.3 Å². The van der Waals surface area contributed by atoms with Crippen LogP contribution < -0.4 is 10.1 Å². The number of benzene rings is 1. The van der Waals surface area contributed by atoms with Gasteiger partial charge < -0.3 is 19.6 Å². The Bertz CT molecular complexity index is 916. The molecular formula is C25H35ClN4O4. The van der Waals surface area contributed by atoms with Crippen LogP contribution in [0.3, 0.4) is 0 Å². The standard InChI is InChI=1S/C25H35ClN4O4/c26-20-14-18-16-29-17-23(32)28-25(29)27-21(18)15-22(20)34-13-7-2-1-6-10-24(33)30(11-12-31)19-8-4-3-5-9-19/h14-15,19,31H,1-13,16-17H2,(H,27,28,32).